The quantitative estimate of drug-likeness (QED) is 0.0197. The van der Waals surface area contributed by atoms with Crippen molar-refractivity contribution < 1.29 is 37.3 Å². The Morgan fingerprint density at radius 1 is 0.484 bits per heavy atom. The van der Waals surface area contributed by atoms with Crippen LogP contribution in [0.15, 0.2) is 48.6 Å². The van der Waals surface area contributed by atoms with Crippen molar-refractivity contribution in [3.63, 3.8) is 0 Å². The number of hydrogen-bond donors (Lipinski definition) is 0. The minimum atomic E-state index is -4.53. The number of quaternary nitrogens is 1. The minimum Gasteiger partial charge on any atom is -0.756 e. The van der Waals surface area contributed by atoms with Crippen LogP contribution in [0, 0.1) is 0 Å². The van der Waals surface area contributed by atoms with Gasteiger partial charge in [0.2, 0.25) is 0 Å². The molecule has 2 atom stereocenters. The van der Waals surface area contributed by atoms with Gasteiger partial charge in [-0.2, -0.15) is 0 Å². The molecule has 0 N–H and O–H groups in total. The summed E-state index contributed by atoms with van der Waals surface area (Å²) < 4.78 is 34.8. The van der Waals surface area contributed by atoms with Crippen molar-refractivity contribution in [2.45, 2.75) is 245 Å². The van der Waals surface area contributed by atoms with E-state index in [0.717, 1.165) is 57.8 Å². The van der Waals surface area contributed by atoms with Crippen molar-refractivity contribution in [1.29, 1.82) is 0 Å². The molecule has 0 aliphatic rings. The zero-order valence-electron chi connectivity index (χ0n) is 42.7. The van der Waals surface area contributed by atoms with Crippen molar-refractivity contribution in [2.24, 2.45) is 0 Å². The molecule has 9 heteroatoms. The average molecular weight is 922 g/mol. The molecule has 0 saturated heterocycles. The average Bonchev–Trinajstić information content (AvgIpc) is 3.25. The molecule has 0 radical (unpaired) electrons. The summed E-state index contributed by atoms with van der Waals surface area (Å²) in [5.74, 6) is -0.342. The Bertz CT molecular complexity index is 1160. The van der Waals surface area contributed by atoms with Crippen molar-refractivity contribution in [3.8, 4) is 0 Å². The van der Waals surface area contributed by atoms with E-state index in [1.54, 1.807) is 0 Å². The highest BCUT2D eigenvalue weighted by Crippen LogP contribution is 2.38. The first kappa shape index (κ1) is 62.5. The molecule has 0 aromatic heterocycles. The number of carbonyl (C=O) groups excluding carboxylic acids is 1. The van der Waals surface area contributed by atoms with E-state index >= 15 is 0 Å². The van der Waals surface area contributed by atoms with Crippen molar-refractivity contribution in [3.05, 3.63) is 48.6 Å². The van der Waals surface area contributed by atoms with E-state index in [1.165, 1.54) is 161 Å². The lowest BCUT2D eigenvalue weighted by molar-refractivity contribution is -0.870. The lowest BCUT2D eigenvalue weighted by atomic mass is 10.1. The third kappa shape index (κ3) is 51.4. The fraction of sp³-hybridized carbons (Fsp3) is 0.836. The smallest absolute Gasteiger partial charge is 0.306 e. The second-order valence-electron chi connectivity index (χ2n) is 19.2. The van der Waals surface area contributed by atoms with Crippen LogP contribution in [0.1, 0.15) is 239 Å². The molecular formula is C55H104NO7P. The van der Waals surface area contributed by atoms with Crippen LogP contribution in [-0.4, -0.2) is 70.7 Å². The summed E-state index contributed by atoms with van der Waals surface area (Å²) in [6.45, 7) is 5.40. The van der Waals surface area contributed by atoms with Gasteiger partial charge < -0.3 is 27.9 Å². The number of allylic oxidation sites excluding steroid dienone is 8. The molecule has 64 heavy (non-hydrogen) atoms. The summed E-state index contributed by atoms with van der Waals surface area (Å²) >= 11 is 0. The summed E-state index contributed by atoms with van der Waals surface area (Å²) in [5.41, 5.74) is 0. The van der Waals surface area contributed by atoms with Crippen LogP contribution >= 0.6 is 7.82 Å². The second kappa shape index (κ2) is 47.9. The third-order valence-electron chi connectivity index (χ3n) is 11.6. The van der Waals surface area contributed by atoms with E-state index < -0.39 is 13.9 Å². The number of nitrogens with zero attached hydrogens (tertiary/aromatic N) is 1. The molecular weight excluding hydrogens is 818 g/mol. The van der Waals surface area contributed by atoms with Crippen LogP contribution in [0.4, 0.5) is 0 Å². The number of phosphoric ester groups is 1. The van der Waals surface area contributed by atoms with E-state index in [2.05, 4.69) is 62.5 Å². The van der Waals surface area contributed by atoms with E-state index in [-0.39, 0.29) is 25.8 Å². The largest absolute Gasteiger partial charge is 0.756 e. The number of esters is 1. The van der Waals surface area contributed by atoms with E-state index in [9.17, 15) is 14.3 Å². The van der Waals surface area contributed by atoms with E-state index in [4.69, 9.17) is 18.5 Å². The first-order chi connectivity index (χ1) is 31.1. The van der Waals surface area contributed by atoms with Gasteiger partial charge in [0, 0.05) is 13.0 Å². The predicted molar refractivity (Wildman–Crippen MR) is 273 cm³/mol. The molecule has 0 amide bonds. The summed E-state index contributed by atoms with van der Waals surface area (Å²) in [5, 5.41) is 0. The van der Waals surface area contributed by atoms with Crippen molar-refractivity contribution in [2.75, 3.05) is 54.1 Å². The van der Waals surface area contributed by atoms with Crippen LogP contribution < -0.4 is 4.89 Å². The maximum Gasteiger partial charge on any atom is 0.306 e. The fourth-order valence-electron chi connectivity index (χ4n) is 7.43. The molecule has 0 aliphatic carbocycles. The normalized spacial score (nSPS) is 13.9. The number of carbonyl (C=O) groups is 1. The van der Waals surface area contributed by atoms with Gasteiger partial charge in [-0.25, -0.2) is 0 Å². The Morgan fingerprint density at radius 2 is 0.859 bits per heavy atom. The molecule has 0 aromatic rings. The van der Waals surface area contributed by atoms with Crippen LogP contribution in [0.5, 0.6) is 0 Å². The Hall–Kier alpha value is -1.54. The van der Waals surface area contributed by atoms with Crippen LogP contribution in [0.25, 0.3) is 0 Å². The SMILES string of the molecule is CCCCCCC/C=C\C/C=C\C/C=C\CCCCCCCCCCCCCOCC(COP(=O)([O-])OCC[N+](C)(C)C)OC(=O)CCCCCCC/C=C\CCCCCCCCC. The molecule has 0 bridgehead atoms. The van der Waals surface area contributed by atoms with Gasteiger partial charge in [0.25, 0.3) is 7.82 Å². The highest BCUT2D eigenvalue weighted by molar-refractivity contribution is 7.45. The van der Waals surface area contributed by atoms with Gasteiger partial charge in [0.15, 0.2) is 0 Å². The molecule has 0 spiro atoms. The molecule has 2 unspecified atom stereocenters. The zero-order chi connectivity index (χ0) is 46.9. The number of ether oxygens (including phenoxy) is 2. The van der Waals surface area contributed by atoms with Gasteiger partial charge in [0.05, 0.1) is 34.4 Å². The van der Waals surface area contributed by atoms with Crippen LogP contribution in [0.3, 0.4) is 0 Å². The summed E-state index contributed by atoms with van der Waals surface area (Å²) in [4.78, 5) is 25.2. The molecule has 376 valence electrons. The topological polar surface area (TPSA) is 94.1 Å². The van der Waals surface area contributed by atoms with E-state index in [1.807, 2.05) is 21.1 Å². The molecule has 0 fully saturated rings. The summed E-state index contributed by atoms with van der Waals surface area (Å²) in [7, 11) is 1.35. The van der Waals surface area contributed by atoms with Gasteiger partial charge in [-0.3, -0.25) is 9.36 Å². The van der Waals surface area contributed by atoms with Gasteiger partial charge >= 0.3 is 5.97 Å². The first-order valence-electron chi connectivity index (χ1n) is 26.9. The Morgan fingerprint density at radius 3 is 1.30 bits per heavy atom. The summed E-state index contributed by atoms with van der Waals surface area (Å²) in [6, 6.07) is 0. The van der Waals surface area contributed by atoms with Gasteiger partial charge in [-0.1, -0.05) is 204 Å². The Labute approximate surface area is 397 Å². The highest BCUT2D eigenvalue weighted by atomic mass is 31.2. The molecule has 0 rings (SSSR count). The monoisotopic (exact) mass is 922 g/mol. The molecule has 0 heterocycles. The summed E-state index contributed by atoms with van der Waals surface area (Å²) in [6.07, 6.45) is 60.0. The number of phosphoric acid groups is 1. The lowest BCUT2D eigenvalue weighted by Gasteiger charge is -2.28. The van der Waals surface area contributed by atoms with Crippen LogP contribution in [0.2, 0.25) is 0 Å². The molecule has 8 nitrogen and oxygen atoms in total. The number of unbranched alkanes of at least 4 members (excludes halogenated alkanes) is 28. The standard InChI is InChI=1S/C55H104NO7P/c1-6-8-10-12-14-16-18-20-22-24-25-26-27-28-29-30-31-32-33-35-37-39-41-43-45-47-50-60-52-54(53-62-64(58,59)61-51-49-56(3,4)5)63-55(57)48-46-44-42-40-38-36-34-23-21-19-17-15-13-11-9-7-2/h18,20,23-25,27-28,34,54H,6-17,19,21-22,26,29-33,35-53H2,1-5H3/b20-18-,25-24-,28-27-,34-23-. The van der Waals surface area contributed by atoms with Crippen molar-refractivity contribution >= 4 is 13.8 Å². The van der Waals surface area contributed by atoms with Gasteiger partial charge in [-0.05, 0) is 77.0 Å². The molecule has 0 aromatic carbocycles. The molecule has 0 saturated carbocycles. The van der Waals surface area contributed by atoms with Crippen molar-refractivity contribution in [1.82, 2.24) is 0 Å². The van der Waals surface area contributed by atoms with Gasteiger partial charge in [-0.15, -0.1) is 0 Å². The zero-order valence-corrected chi connectivity index (χ0v) is 43.6. The molecule has 0 aliphatic heterocycles. The lowest BCUT2D eigenvalue weighted by Crippen LogP contribution is -2.37. The first-order valence-corrected chi connectivity index (χ1v) is 28.3. The maximum atomic E-state index is 12.7. The maximum absolute atomic E-state index is 12.7. The second-order valence-corrected chi connectivity index (χ2v) is 20.6. The Balaban J connectivity index is 4.09. The highest BCUT2D eigenvalue weighted by Gasteiger charge is 2.20. The number of hydrogen-bond acceptors (Lipinski definition) is 7. The van der Waals surface area contributed by atoms with E-state index in [0.29, 0.717) is 24.1 Å². The van der Waals surface area contributed by atoms with Crippen LogP contribution in [-0.2, 0) is 27.9 Å². The minimum absolute atomic E-state index is 0.0234. The third-order valence-corrected chi connectivity index (χ3v) is 12.6. The fourth-order valence-corrected chi connectivity index (χ4v) is 8.16. The predicted octanol–water partition coefficient (Wildman–Crippen LogP) is 16.0. The Kier molecular flexibility index (Phi) is 46.8. The van der Waals surface area contributed by atoms with Gasteiger partial charge in [0.1, 0.15) is 19.3 Å². The number of rotatable bonds is 50. The number of likely N-dealkylation sites (N-methyl/N-ethyl adjacent to an activating group) is 1.